The summed E-state index contributed by atoms with van der Waals surface area (Å²) < 4.78 is 77.3. The molecule has 1 aromatic rings. The fourth-order valence-electron chi connectivity index (χ4n) is 2.57. The van der Waals surface area contributed by atoms with E-state index in [1.54, 1.807) is 0 Å². The Labute approximate surface area is 149 Å². The van der Waals surface area contributed by atoms with Gasteiger partial charge in [-0.3, -0.25) is 14.8 Å². The maximum absolute atomic E-state index is 12.9. The van der Waals surface area contributed by atoms with Crippen molar-refractivity contribution in [2.75, 3.05) is 6.54 Å². The molecular formula is C16H14F6N2O3. The van der Waals surface area contributed by atoms with Crippen LogP contribution in [0.5, 0.6) is 0 Å². The van der Waals surface area contributed by atoms with Gasteiger partial charge in [0.25, 0.3) is 0 Å². The minimum atomic E-state index is -4.97. The zero-order valence-electron chi connectivity index (χ0n) is 13.6. The molecule has 1 aliphatic heterocycles. The second-order valence-corrected chi connectivity index (χ2v) is 5.86. The second kappa shape index (κ2) is 7.59. The van der Waals surface area contributed by atoms with E-state index in [9.17, 15) is 35.9 Å². The quantitative estimate of drug-likeness (QED) is 0.456. The number of hydroxylamine groups is 1. The van der Waals surface area contributed by atoms with Crippen molar-refractivity contribution in [2.24, 2.45) is 0 Å². The molecule has 1 aliphatic rings. The topological polar surface area (TPSA) is 69.6 Å². The molecule has 0 spiro atoms. The molecule has 0 saturated carbocycles. The first-order valence-corrected chi connectivity index (χ1v) is 7.61. The van der Waals surface area contributed by atoms with Crippen molar-refractivity contribution in [3.8, 4) is 0 Å². The molecule has 0 bridgehead atoms. The zero-order valence-corrected chi connectivity index (χ0v) is 13.6. The molecule has 2 N–H and O–H groups in total. The van der Waals surface area contributed by atoms with Crippen LogP contribution in [0.15, 0.2) is 29.8 Å². The van der Waals surface area contributed by atoms with Gasteiger partial charge >= 0.3 is 12.4 Å². The average molecular weight is 396 g/mol. The standard InChI is InChI=1S/C16H14F6N2O3/c17-15(18,19)11-5-9(6-12(7-11)16(20,21)22)8-24-4-3-10(14(24)26)1-2-13(25)23-27/h3,5-7,27H,1-2,4,8H2,(H,23,25). The minimum Gasteiger partial charge on any atom is -0.331 e. The molecule has 11 heteroatoms. The van der Waals surface area contributed by atoms with Crippen molar-refractivity contribution < 1.29 is 41.1 Å². The third kappa shape index (κ3) is 5.22. The molecule has 1 heterocycles. The van der Waals surface area contributed by atoms with Gasteiger partial charge in [-0.1, -0.05) is 6.08 Å². The van der Waals surface area contributed by atoms with E-state index >= 15 is 0 Å². The molecule has 0 aliphatic carbocycles. The number of benzene rings is 1. The van der Waals surface area contributed by atoms with E-state index in [2.05, 4.69) is 0 Å². The van der Waals surface area contributed by atoms with Crippen molar-refractivity contribution in [3.63, 3.8) is 0 Å². The molecule has 148 valence electrons. The fraction of sp³-hybridized carbons (Fsp3) is 0.375. The van der Waals surface area contributed by atoms with Gasteiger partial charge in [0.2, 0.25) is 11.8 Å². The van der Waals surface area contributed by atoms with Gasteiger partial charge in [-0.05, 0) is 30.2 Å². The third-order valence-corrected chi connectivity index (χ3v) is 3.89. The summed E-state index contributed by atoms with van der Waals surface area (Å²) in [5.74, 6) is -1.32. The third-order valence-electron chi connectivity index (χ3n) is 3.89. The first-order valence-electron chi connectivity index (χ1n) is 7.61. The SMILES string of the molecule is O=C(CCC1=CCN(Cc2cc(C(F)(F)F)cc(C(F)(F)F)c2)C1=O)NO. The van der Waals surface area contributed by atoms with Crippen molar-refractivity contribution in [2.45, 2.75) is 31.7 Å². The van der Waals surface area contributed by atoms with Crippen LogP contribution in [0.2, 0.25) is 0 Å². The number of amides is 2. The van der Waals surface area contributed by atoms with E-state index in [4.69, 9.17) is 5.21 Å². The van der Waals surface area contributed by atoms with Gasteiger partial charge in [0.1, 0.15) is 0 Å². The van der Waals surface area contributed by atoms with Crippen molar-refractivity contribution in [1.29, 1.82) is 0 Å². The minimum absolute atomic E-state index is 0.00743. The van der Waals surface area contributed by atoms with Gasteiger partial charge in [-0.15, -0.1) is 0 Å². The molecule has 5 nitrogen and oxygen atoms in total. The predicted octanol–water partition coefficient (Wildman–Crippen LogP) is 3.28. The van der Waals surface area contributed by atoms with E-state index in [1.807, 2.05) is 0 Å². The van der Waals surface area contributed by atoms with Crippen LogP contribution < -0.4 is 5.48 Å². The molecule has 2 rings (SSSR count). The van der Waals surface area contributed by atoms with Crippen LogP contribution in [0, 0.1) is 0 Å². The summed E-state index contributed by atoms with van der Waals surface area (Å²) >= 11 is 0. The normalized spacial score (nSPS) is 15.1. The molecule has 27 heavy (non-hydrogen) atoms. The summed E-state index contributed by atoms with van der Waals surface area (Å²) in [5, 5.41) is 8.41. The molecule has 0 saturated heterocycles. The lowest BCUT2D eigenvalue weighted by Crippen LogP contribution is -2.27. The van der Waals surface area contributed by atoms with E-state index in [-0.39, 0.29) is 36.6 Å². The summed E-state index contributed by atoms with van der Waals surface area (Å²) in [6.07, 6.45) is -8.70. The highest BCUT2D eigenvalue weighted by atomic mass is 19.4. The molecular weight excluding hydrogens is 382 g/mol. The summed E-state index contributed by atoms with van der Waals surface area (Å²) in [5.41, 5.74) is -1.63. The van der Waals surface area contributed by atoms with Crippen molar-refractivity contribution >= 4 is 11.8 Å². The summed E-state index contributed by atoms with van der Waals surface area (Å²) in [6.45, 7) is -0.454. The van der Waals surface area contributed by atoms with E-state index in [0.29, 0.717) is 12.1 Å². The van der Waals surface area contributed by atoms with E-state index in [1.165, 1.54) is 11.6 Å². The number of alkyl halides is 6. The number of carbonyl (C=O) groups is 2. The van der Waals surface area contributed by atoms with Gasteiger partial charge in [-0.2, -0.15) is 26.3 Å². The Balaban J connectivity index is 2.18. The lowest BCUT2D eigenvalue weighted by atomic mass is 10.0. The number of hydrogen-bond acceptors (Lipinski definition) is 3. The molecule has 0 fully saturated rings. The van der Waals surface area contributed by atoms with Crippen LogP contribution in [-0.4, -0.2) is 28.5 Å². The lowest BCUT2D eigenvalue weighted by Gasteiger charge is -2.19. The van der Waals surface area contributed by atoms with Gasteiger partial charge in [0.05, 0.1) is 11.1 Å². The van der Waals surface area contributed by atoms with Gasteiger partial charge in [-0.25, -0.2) is 5.48 Å². The monoisotopic (exact) mass is 396 g/mol. The van der Waals surface area contributed by atoms with Crippen LogP contribution >= 0.6 is 0 Å². The maximum Gasteiger partial charge on any atom is 0.416 e. The number of rotatable bonds is 5. The average Bonchev–Trinajstić information content (AvgIpc) is 2.91. The van der Waals surface area contributed by atoms with Gasteiger partial charge in [0.15, 0.2) is 0 Å². The number of nitrogens with one attached hydrogen (secondary N) is 1. The van der Waals surface area contributed by atoms with E-state index < -0.39 is 41.8 Å². The van der Waals surface area contributed by atoms with Crippen molar-refractivity contribution in [3.05, 3.63) is 46.5 Å². The van der Waals surface area contributed by atoms with E-state index in [0.717, 1.165) is 4.90 Å². The molecule has 0 radical (unpaired) electrons. The Bertz CT molecular complexity index is 738. The first-order chi connectivity index (χ1) is 12.4. The highest BCUT2D eigenvalue weighted by molar-refractivity contribution is 5.96. The zero-order chi connectivity index (χ0) is 20.4. The largest absolute Gasteiger partial charge is 0.416 e. The highest BCUT2D eigenvalue weighted by Crippen LogP contribution is 2.36. The number of carbonyl (C=O) groups excluding carboxylic acids is 2. The van der Waals surface area contributed by atoms with Crippen LogP contribution in [0.25, 0.3) is 0 Å². The number of nitrogens with zero attached hydrogens (tertiary/aromatic N) is 1. The Hall–Kier alpha value is -2.56. The van der Waals surface area contributed by atoms with Gasteiger partial charge < -0.3 is 4.90 Å². The van der Waals surface area contributed by atoms with Crippen LogP contribution in [0.1, 0.15) is 29.5 Å². The second-order valence-electron chi connectivity index (χ2n) is 5.86. The smallest absolute Gasteiger partial charge is 0.331 e. The highest BCUT2D eigenvalue weighted by Gasteiger charge is 2.37. The molecule has 2 amide bonds. The predicted molar refractivity (Wildman–Crippen MR) is 79.1 cm³/mol. The Morgan fingerprint density at radius 3 is 2.11 bits per heavy atom. The summed E-state index contributed by atoms with van der Waals surface area (Å²) in [6, 6.07) is 1.16. The van der Waals surface area contributed by atoms with Crippen LogP contribution in [0.4, 0.5) is 26.3 Å². The number of hydrogen-bond donors (Lipinski definition) is 2. The molecule has 1 aromatic carbocycles. The Kier molecular flexibility index (Phi) is 5.83. The van der Waals surface area contributed by atoms with Gasteiger partial charge in [0, 0.05) is 25.1 Å². The number of halogens is 6. The first kappa shape index (κ1) is 20.7. The fourth-order valence-corrected chi connectivity index (χ4v) is 2.57. The van der Waals surface area contributed by atoms with Crippen molar-refractivity contribution in [1.82, 2.24) is 10.4 Å². The Morgan fingerprint density at radius 2 is 1.63 bits per heavy atom. The summed E-state index contributed by atoms with van der Waals surface area (Å²) in [4.78, 5) is 24.2. The van der Waals surface area contributed by atoms with Crippen LogP contribution in [-0.2, 0) is 28.5 Å². The molecule has 0 aromatic heterocycles. The molecule has 0 unspecified atom stereocenters. The summed E-state index contributed by atoms with van der Waals surface area (Å²) in [7, 11) is 0. The lowest BCUT2D eigenvalue weighted by molar-refractivity contribution is -0.143. The molecule has 0 atom stereocenters. The van der Waals surface area contributed by atoms with Crippen LogP contribution in [0.3, 0.4) is 0 Å². The Morgan fingerprint density at radius 1 is 1.07 bits per heavy atom. The maximum atomic E-state index is 12.9.